The highest BCUT2D eigenvalue weighted by atomic mass is 19.1. The molecule has 1 atom stereocenters. The Kier molecular flexibility index (Phi) is 3.99. The largest absolute Gasteiger partial charge is 0.476 e. The number of halogens is 1. The molecule has 86 valence electrons. The fraction of sp³-hybridized carbons (Fsp3) is 0.273. The molecule has 5 heteroatoms. The summed E-state index contributed by atoms with van der Waals surface area (Å²) in [7, 11) is 0. The third-order valence-electron chi connectivity index (χ3n) is 1.81. The highest BCUT2D eigenvalue weighted by Crippen LogP contribution is 2.14. The Morgan fingerprint density at radius 3 is 2.38 bits per heavy atom. The van der Waals surface area contributed by atoms with Crippen LogP contribution in [0.2, 0.25) is 0 Å². The highest BCUT2D eigenvalue weighted by molar-refractivity contribution is 5.78. The molecule has 16 heavy (non-hydrogen) atoms. The molecule has 0 amide bonds. The molecule has 0 spiro atoms. The van der Waals surface area contributed by atoms with E-state index in [9.17, 15) is 14.0 Å². The lowest BCUT2D eigenvalue weighted by Gasteiger charge is -2.07. The number of carbonyl (C=O) groups excluding carboxylic acids is 1. The summed E-state index contributed by atoms with van der Waals surface area (Å²) in [6.07, 6.45) is -2.09. The van der Waals surface area contributed by atoms with Crippen LogP contribution in [0.1, 0.15) is 12.5 Å². The Morgan fingerprint density at radius 1 is 1.38 bits per heavy atom. The van der Waals surface area contributed by atoms with E-state index in [-0.39, 0.29) is 18.0 Å². The number of alkyl halides is 1. The van der Waals surface area contributed by atoms with E-state index in [1.807, 2.05) is 0 Å². The molecule has 1 unspecified atom stereocenters. The molecule has 0 aliphatic carbocycles. The van der Waals surface area contributed by atoms with Crippen LogP contribution in [-0.2, 0) is 16.0 Å². The van der Waals surface area contributed by atoms with Gasteiger partial charge in [0.05, 0.1) is 0 Å². The van der Waals surface area contributed by atoms with Crippen LogP contribution in [0.4, 0.5) is 4.39 Å². The monoisotopic (exact) mass is 226 g/mol. The second-order valence-electron chi connectivity index (χ2n) is 3.29. The van der Waals surface area contributed by atoms with E-state index in [2.05, 4.69) is 4.74 Å². The molecule has 1 rings (SSSR count). The predicted molar refractivity (Wildman–Crippen MR) is 54.0 cm³/mol. The Labute approximate surface area is 91.7 Å². The van der Waals surface area contributed by atoms with Gasteiger partial charge in [-0.2, -0.15) is 4.39 Å². The van der Waals surface area contributed by atoms with Gasteiger partial charge in [0.2, 0.25) is 0 Å². The molecule has 0 saturated heterocycles. The summed E-state index contributed by atoms with van der Waals surface area (Å²) in [6, 6.07) is 6.03. The van der Waals surface area contributed by atoms with Crippen LogP contribution >= 0.6 is 0 Å². The number of benzene rings is 1. The van der Waals surface area contributed by atoms with Crippen LogP contribution in [-0.4, -0.2) is 23.2 Å². The van der Waals surface area contributed by atoms with Crippen molar-refractivity contribution in [3.05, 3.63) is 29.8 Å². The van der Waals surface area contributed by atoms with E-state index >= 15 is 0 Å². The van der Waals surface area contributed by atoms with E-state index in [1.54, 1.807) is 12.1 Å². The fourth-order valence-corrected chi connectivity index (χ4v) is 1.14. The van der Waals surface area contributed by atoms with Gasteiger partial charge in [-0.1, -0.05) is 12.1 Å². The molecule has 1 N–H and O–H groups in total. The molecular formula is C11H11FO4. The smallest absolute Gasteiger partial charge is 0.378 e. The van der Waals surface area contributed by atoms with Crippen molar-refractivity contribution in [3.63, 3.8) is 0 Å². The molecule has 0 aliphatic rings. The average molecular weight is 226 g/mol. The molecule has 0 saturated carbocycles. The minimum absolute atomic E-state index is 0.0163. The second-order valence-corrected chi connectivity index (χ2v) is 3.29. The highest BCUT2D eigenvalue weighted by Gasteiger charge is 2.16. The van der Waals surface area contributed by atoms with Crippen molar-refractivity contribution < 1.29 is 23.8 Å². The average Bonchev–Trinajstić information content (AvgIpc) is 2.20. The zero-order valence-electron chi connectivity index (χ0n) is 8.64. The Morgan fingerprint density at radius 2 is 1.94 bits per heavy atom. The van der Waals surface area contributed by atoms with Crippen LogP contribution in [0.25, 0.3) is 0 Å². The number of carboxylic acid groups (broad SMARTS) is 1. The van der Waals surface area contributed by atoms with Crippen molar-refractivity contribution >= 4 is 11.8 Å². The van der Waals surface area contributed by atoms with Gasteiger partial charge in [0, 0.05) is 6.42 Å². The number of hydrogen-bond donors (Lipinski definition) is 1. The van der Waals surface area contributed by atoms with Crippen molar-refractivity contribution in [1.29, 1.82) is 0 Å². The number of hydrogen-bond acceptors (Lipinski definition) is 3. The van der Waals surface area contributed by atoms with E-state index < -0.39 is 12.3 Å². The summed E-state index contributed by atoms with van der Waals surface area (Å²) in [5.74, 6) is -1.54. The van der Waals surface area contributed by atoms with E-state index in [0.29, 0.717) is 0 Å². The fourth-order valence-electron chi connectivity index (χ4n) is 1.14. The lowest BCUT2D eigenvalue weighted by atomic mass is 10.1. The summed E-state index contributed by atoms with van der Waals surface area (Å²) in [4.78, 5) is 21.0. The maximum absolute atomic E-state index is 12.6. The topological polar surface area (TPSA) is 63.6 Å². The van der Waals surface area contributed by atoms with Crippen LogP contribution < -0.4 is 4.74 Å². The Bertz CT molecular complexity index is 385. The summed E-state index contributed by atoms with van der Waals surface area (Å²) in [5.41, 5.74) is 0.769. The van der Waals surface area contributed by atoms with Crippen LogP contribution in [0, 0.1) is 0 Å². The van der Waals surface area contributed by atoms with E-state index in [4.69, 9.17) is 5.11 Å². The van der Waals surface area contributed by atoms with Gasteiger partial charge >= 0.3 is 12.3 Å². The molecule has 4 nitrogen and oxygen atoms in total. The first-order valence-electron chi connectivity index (χ1n) is 4.61. The molecule has 0 bridgehead atoms. The first kappa shape index (κ1) is 12.2. The number of ketones is 1. The summed E-state index contributed by atoms with van der Waals surface area (Å²) >= 11 is 0. The zero-order valence-corrected chi connectivity index (χ0v) is 8.64. The van der Waals surface area contributed by atoms with Crippen molar-refractivity contribution in [2.75, 3.05) is 0 Å². The molecule has 0 fully saturated rings. The van der Waals surface area contributed by atoms with E-state index in [1.165, 1.54) is 19.1 Å². The van der Waals surface area contributed by atoms with E-state index in [0.717, 1.165) is 5.56 Å². The first-order valence-corrected chi connectivity index (χ1v) is 4.61. The SMILES string of the molecule is CC(=O)Cc1ccc(OC(F)C(=O)O)cc1. The van der Waals surface area contributed by atoms with Crippen molar-refractivity contribution in [2.24, 2.45) is 0 Å². The predicted octanol–water partition coefficient (Wildman–Crippen LogP) is 1.58. The van der Waals surface area contributed by atoms with Crippen molar-refractivity contribution in [1.82, 2.24) is 0 Å². The van der Waals surface area contributed by atoms with Gasteiger partial charge in [-0.15, -0.1) is 0 Å². The normalized spacial score (nSPS) is 11.9. The van der Waals surface area contributed by atoms with Gasteiger partial charge in [0.1, 0.15) is 11.5 Å². The number of carboxylic acids is 1. The van der Waals surface area contributed by atoms with Gasteiger partial charge < -0.3 is 9.84 Å². The van der Waals surface area contributed by atoms with Gasteiger partial charge in [-0.3, -0.25) is 4.79 Å². The van der Waals surface area contributed by atoms with Crippen LogP contribution in [0.3, 0.4) is 0 Å². The molecule has 0 heterocycles. The summed E-state index contributed by atoms with van der Waals surface area (Å²) in [6.45, 7) is 1.46. The standard InChI is InChI=1S/C11H11FO4/c1-7(13)6-8-2-4-9(5-3-8)16-10(12)11(14)15/h2-5,10H,6H2,1H3,(H,14,15). The molecule has 0 aromatic heterocycles. The molecule has 1 aromatic rings. The van der Waals surface area contributed by atoms with Gasteiger partial charge in [-0.25, -0.2) is 4.79 Å². The maximum Gasteiger partial charge on any atom is 0.378 e. The quantitative estimate of drug-likeness (QED) is 0.827. The van der Waals surface area contributed by atoms with Gasteiger partial charge in [0.25, 0.3) is 0 Å². The summed E-state index contributed by atoms with van der Waals surface area (Å²) in [5, 5.41) is 8.27. The second kappa shape index (κ2) is 5.25. The minimum Gasteiger partial charge on any atom is -0.476 e. The third kappa shape index (κ3) is 3.68. The third-order valence-corrected chi connectivity index (χ3v) is 1.81. The minimum atomic E-state index is -2.38. The molecular weight excluding hydrogens is 215 g/mol. The maximum atomic E-state index is 12.6. The van der Waals surface area contributed by atoms with Gasteiger partial charge in [-0.05, 0) is 24.6 Å². The summed E-state index contributed by atoms with van der Waals surface area (Å²) < 4.78 is 17.1. The molecule has 0 aliphatic heterocycles. The lowest BCUT2D eigenvalue weighted by molar-refractivity contribution is -0.153. The Hall–Kier alpha value is -1.91. The number of aliphatic carboxylic acids is 1. The number of Topliss-reactive ketones (excluding diaryl/α,β-unsaturated/α-hetero) is 1. The number of carbonyl (C=O) groups is 2. The zero-order chi connectivity index (χ0) is 12.1. The molecule has 0 radical (unpaired) electrons. The van der Waals surface area contributed by atoms with Crippen molar-refractivity contribution in [2.45, 2.75) is 19.7 Å². The van der Waals surface area contributed by atoms with Gasteiger partial charge in [0.15, 0.2) is 0 Å². The number of ether oxygens (including phenoxy) is 1. The molecule has 1 aromatic carbocycles. The first-order chi connectivity index (χ1) is 7.49. The Balaban J connectivity index is 2.64. The van der Waals surface area contributed by atoms with Crippen molar-refractivity contribution in [3.8, 4) is 5.75 Å². The van der Waals surface area contributed by atoms with Crippen LogP contribution in [0.15, 0.2) is 24.3 Å². The van der Waals surface area contributed by atoms with Crippen LogP contribution in [0.5, 0.6) is 5.75 Å². The number of rotatable bonds is 5. The lowest BCUT2D eigenvalue weighted by Crippen LogP contribution is -2.21.